The molecule has 0 bridgehead atoms. The van der Waals surface area contributed by atoms with Crippen LogP contribution in [0.2, 0.25) is 0 Å². The van der Waals surface area contributed by atoms with Crippen molar-refractivity contribution in [1.29, 1.82) is 0 Å². The molecule has 5 nitrogen and oxygen atoms in total. The number of carbonyl (C=O) groups excluding carboxylic acids is 1. The maximum Gasteiger partial charge on any atom is 0.224 e. The van der Waals surface area contributed by atoms with E-state index < -0.39 is 0 Å². The van der Waals surface area contributed by atoms with Crippen molar-refractivity contribution in [2.24, 2.45) is 4.99 Å². The summed E-state index contributed by atoms with van der Waals surface area (Å²) in [5.41, 5.74) is 5.84. The normalized spacial score (nSPS) is 13.9. The third kappa shape index (κ3) is 3.17. The first kappa shape index (κ1) is 17.3. The maximum absolute atomic E-state index is 11.6. The molecule has 1 aliphatic heterocycles. The number of aliphatic imine (C=N–C) groups is 1. The van der Waals surface area contributed by atoms with Gasteiger partial charge in [0.2, 0.25) is 5.91 Å². The van der Waals surface area contributed by atoms with E-state index in [1.165, 1.54) is 0 Å². The minimum absolute atomic E-state index is 0.0439. The van der Waals surface area contributed by atoms with Crippen molar-refractivity contribution in [2.45, 2.75) is 12.8 Å². The van der Waals surface area contributed by atoms with Crippen molar-refractivity contribution in [3.05, 3.63) is 89.5 Å². The van der Waals surface area contributed by atoms with Crippen LogP contribution in [-0.4, -0.2) is 21.7 Å². The predicted molar refractivity (Wildman–Crippen MR) is 115 cm³/mol. The van der Waals surface area contributed by atoms with E-state index in [1.54, 1.807) is 0 Å². The molecule has 0 saturated carbocycles. The Labute approximate surface area is 167 Å². The predicted octanol–water partition coefficient (Wildman–Crippen LogP) is 4.93. The molecule has 1 aromatic heterocycles. The Bertz CT molecular complexity index is 1260. The molecule has 0 atom stereocenters. The van der Waals surface area contributed by atoms with E-state index in [0.717, 1.165) is 33.4 Å². The van der Waals surface area contributed by atoms with Crippen LogP contribution < -0.4 is 5.32 Å². The summed E-state index contributed by atoms with van der Waals surface area (Å²) < 4.78 is 0. The van der Waals surface area contributed by atoms with Crippen molar-refractivity contribution in [2.75, 3.05) is 5.32 Å². The molecule has 5 heteroatoms. The van der Waals surface area contributed by atoms with Crippen molar-refractivity contribution in [3.8, 4) is 5.88 Å². The Balaban J connectivity index is 1.70. The lowest BCUT2D eigenvalue weighted by molar-refractivity contribution is -0.116. The van der Waals surface area contributed by atoms with Crippen LogP contribution in [0.1, 0.15) is 23.1 Å². The van der Waals surface area contributed by atoms with Gasteiger partial charge in [0, 0.05) is 28.6 Å². The van der Waals surface area contributed by atoms with E-state index in [2.05, 4.69) is 10.3 Å². The van der Waals surface area contributed by atoms with Gasteiger partial charge < -0.3 is 15.4 Å². The Morgan fingerprint density at radius 3 is 2.59 bits per heavy atom. The molecule has 142 valence electrons. The summed E-state index contributed by atoms with van der Waals surface area (Å²) in [5.74, 6) is 0.140. The molecule has 0 radical (unpaired) electrons. The lowest BCUT2D eigenvalue weighted by atomic mass is 10.00. The molecule has 1 aliphatic rings. The van der Waals surface area contributed by atoms with E-state index >= 15 is 0 Å². The standard InChI is InChI=1S/C24H19N3O2/c28-21-13-10-16-14-17(11-12-19(16)26-21)25-23(15-6-2-1-3-7-15)22-18-8-4-5-9-20(18)27-24(22)29/h1-9,11-12,14,27,29H,10,13H2,(H,26,28). The zero-order valence-electron chi connectivity index (χ0n) is 15.6. The zero-order valence-corrected chi connectivity index (χ0v) is 15.6. The molecule has 0 fully saturated rings. The number of amides is 1. The molecule has 2 heterocycles. The topological polar surface area (TPSA) is 77.5 Å². The fraction of sp³-hybridized carbons (Fsp3) is 0.0833. The van der Waals surface area contributed by atoms with Crippen LogP contribution in [0.3, 0.4) is 0 Å². The van der Waals surface area contributed by atoms with Crippen LogP contribution in [-0.2, 0) is 11.2 Å². The highest BCUT2D eigenvalue weighted by molar-refractivity contribution is 6.21. The lowest BCUT2D eigenvalue weighted by Gasteiger charge is -2.17. The molecule has 29 heavy (non-hydrogen) atoms. The number of hydrogen-bond acceptors (Lipinski definition) is 3. The van der Waals surface area contributed by atoms with Gasteiger partial charge in [-0.2, -0.15) is 0 Å². The van der Waals surface area contributed by atoms with E-state index in [1.807, 2.05) is 72.8 Å². The molecule has 5 rings (SSSR count). The summed E-state index contributed by atoms with van der Waals surface area (Å²) in [6.07, 6.45) is 1.18. The Hall–Kier alpha value is -3.86. The molecular weight excluding hydrogens is 362 g/mol. The number of para-hydroxylation sites is 1. The quantitative estimate of drug-likeness (QED) is 0.440. The number of aromatic amines is 1. The summed E-state index contributed by atoms with van der Waals surface area (Å²) in [6.45, 7) is 0. The summed E-state index contributed by atoms with van der Waals surface area (Å²) in [6, 6.07) is 23.4. The van der Waals surface area contributed by atoms with E-state index in [4.69, 9.17) is 4.99 Å². The number of rotatable bonds is 3. The van der Waals surface area contributed by atoms with Crippen LogP contribution in [0.25, 0.3) is 10.9 Å². The first-order valence-electron chi connectivity index (χ1n) is 9.56. The molecule has 3 N–H and O–H groups in total. The largest absolute Gasteiger partial charge is 0.494 e. The van der Waals surface area contributed by atoms with Gasteiger partial charge in [0.1, 0.15) is 0 Å². The molecule has 0 unspecified atom stereocenters. The second-order valence-corrected chi connectivity index (χ2v) is 7.11. The van der Waals surface area contributed by atoms with Gasteiger partial charge in [-0.25, -0.2) is 4.99 Å². The molecule has 0 aliphatic carbocycles. The van der Waals surface area contributed by atoms with Gasteiger partial charge in [0.15, 0.2) is 5.88 Å². The third-order valence-electron chi connectivity index (χ3n) is 5.20. The Morgan fingerprint density at radius 2 is 1.72 bits per heavy atom. The average Bonchev–Trinajstić information content (AvgIpc) is 3.08. The number of hydrogen-bond donors (Lipinski definition) is 3. The number of aromatic hydroxyl groups is 1. The number of aromatic nitrogens is 1. The van der Waals surface area contributed by atoms with Gasteiger partial charge >= 0.3 is 0 Å². The van der Waals surface area contributed by atoms with Gasteiger partial charge in [-0.1, -0.05) is 48.5 Å². The fourth-order valence-electron chi connectivity index (χ4n) is 3.80. The number of nitrogens with one attached hydrogen (secondary N) is 2. The van der Waals surface area contributed by atoms with Crippen molar-refractivity contribution in [1.82, 2.24) is 4.98 Å². The van der Waals surface area contributed by atoms with Crippen LogP contribution in [0.5, 0.6) is 5.88 Å². The van der Waals surface area contributed by atoms with E-state index in [0.29, 0.717) is 24.1 Å². The number of fused-ring (bicyclic) bond motifs is 2. The van der Waals surface area contributed by atoms with E-state index in [9.17, 15) is 9.90 Å². The minimum Gasteiger partial charge on any atom is -0.494 e. The first-order valence-corrected chi connectivity index (χ1v) is 9.56. The number of carbonyl (C=O) groups is 1. The van der Waals surface area contributed by atoms with E-state index in [-0.39, 0.29) is 11.8 Å². The number of benzene rings is 3. The second-order valence-electron chi connectivity index (χ2n) is 7.11. The number of aryl methyl sites for hydroxylation is 1. The fourth-order valence-corrected chi connectivity index (χ4v) is 3.80. The van der Waals surface area contributed by atoms with Crippen LogP contribution in [0, 0.1) is 0 Å². The molecule has 0 saturated heterocycles. The number of H-pyrrole nitrogens is 1. The summed E-state index contributed by atoms with van der Waals surface area (Å²) in [7, 11) is 0. The molecule has 3 aromatic carbocycles. The highest BCUT2D eigenvalue weighted by atomic mass is 16.3. The zero-order chi connectivity index (χ0) is 19.8. The maximum atomic E-state index is 11.6. The monoisotopic (exact) mass is 381 g/mol. The van der Waals surface area contributed by atoms with Crippen molar-refractivity contribution >= 4 is 33.9 Å². The minimum atomic E-state index is 0.0439. The number of nitrogens with zero attached hydrogens (tertiary/aromatic N) is 1. The van der Waals surface area contributed by atoms with Gasteiger partial charge in [0.05, 0.1) is 17.0 Å². The Kier molecular flexibility index (Phi) is 4.13. The summed E-state index contributed by atoms with van der Waals surface area (Å²) >= 11 is 0. The van der Waals surface area contributed by atoms with Crippen LogP contribution in [0.15, 0.2) is 77.8 Å². The first-order chi connectivity index (χ1) is 14.2. The average molecular weight is 381 g/mol. The van der Waals surface area contributed by atoms with Gasteiger partial charge in [-0.15, -0.1) is 0 Å². The molecular formula is C24H19N3O2. The molecule has 4 aromatic rings. The smallest absolute Gasteiger partial charge is 0.224 e. The SMILES string of the molecule is O=C1CCc2cc(N=C(c3ccccc3)c3c(O)[nH]c4ccccc34)ccc2N1. The van der Waals surface area contributed by atoms with Gasteiger partial charge in [0.25, 0.3) is 0 Å². The lowest BCUT2D eigenvalue weighted by Crippen LogP contribution is -2.18. The third-order valence-corrected chi connectivity index (χ3v) is 5.20. The Morgan fingerprint density at radius 1 is 0.931 bits per heavy atom. The van der Waals surface area contributed by atoms with Crippen molar-refractivity contribution < 1.29 is 9.90 Å². The van der Waals surface area contributed by atoms with Gasteiger partial charge in [-0.05, 0) is 36.2 Å². The highest BCUT2D eigenvalue weighted by Gasteiger charge is 2.19. The molecule has 0 spiro atoms. The second kappa shape index (κ2) is 6.95. The summed E-state index contributed by atoms with van der Waals surface area (Å²) in [5, 5.41) is 14.5. The highest BCUT2D eigenvalue weighted by Crippen LogP contribution is 2.33. The number of anilines is 1. The van der Waals surface area contributed by atoms with Crippen LogP contribution in [0.4, 0.5) is 11.4 Å². The van der Waals surface area contributed by atoms with Crippen molar-refractivity contribution in [3.63, 3.8) is 0 Å². The van der Waals surface area contributed by atoms with Crippen LogP contribution >= 0.6 is 0 Å². The molecule has 1 amide bonds. The van der Waals surface area contributed by atoms with Gasteiger partial charge in [-0.3, -0.25) is 4.79 Å². The summed E-state index contributed by atoms with van der Waals surface area (Å²) in [4.78, 5) is 19.6.